The molecule has 1 N–H and O–H groups in total. The molecule has 2 aromatic carbocycles. The lowest BCUT2D eigenvalue weighted by Gasteiger charge is -2.18. The van der Waals surface area contributed by atoms with Crippen LogP contribution in [-0.2, 0) is 4.79 Å². The second-order valence-corrected chi connectivity index (χ2v) is 6.54. The van der Waals surface area contributed by atoms with E-state index in [1.54, 1.807) is 11.0 Å². The molecule has 4 rings (SSSR count). The minimum Gasteiger partial charge on any atom is -0.494 e. The van der Waals surface area contributed by atoms with E-state index in [1.807, 2.05) is 31.2 Å². The highest BCUT2D eigenvalue weighted by Gasteiger charge is 2.33. The molecule has 27 heavy (non-hydrogen) atoms. The Morgan fingerprint density at radius 3 is 2.74 bits per heavy atom. The van der Waals surface area contributed by atoms with Gasteiger partial charge in [0.15, 0.2) is 11.6 Å². The fraction of sp³-hybridized carbons (Fsp3) is 0.250. The standard InChI is InChI=1S/C20H19FN4O2/c1-12-3-5-13(6-4-12)25-8-7-16(20(25)26)24-19-14-9-18(27-2)15(21)10-17(14)22-11-23-19/h3-6,9-11,16H,7-8H2,1-2H3,(H,22,23,24). The van der Waals surface area contributed by atoms with Gasteiger partial charge in [-0.25, -0.2) is 14.4 Å². The molecule has 1 unspecified atom stereocenters. The highest BCUT2D eigenvalue weighted by Crippen LogP contribution is 2.29. The number of aromatic nitrogens is 2. The van der Waals surface area contributed by atoms with Gasteiger partial charge in [0.05, 0.1) is 12.6 Å². The van der Waals surface area contributed by atoms with Gasteiger partial charge in [-0.05, 0) is 31.5 Å². The van der Waals surface area contributed by atoms with Crippen molar-refractivity contribution in [2.24, 2.45) is 0 Å². The SMILES string of the molecule is COc1cc2c(NC3CCN(c4ccc(C)cc4)C3=O)ncnc2cc1F. The average Bonchev–Trinajstić information content (AvgIpc) is 3.02. The number of carbonyl (C=O) groups is 1. The minimum absolute atomic E-state index is 0.0142. The number of hydrogen-bond acceptors (Lipinski definition) is 5. The van der Waals surface area contributed by atoms with Crippen LogP contribution in [0.1, 0.15) is 12.0 Å². The Bertz CT molecular complexity index is 1010. The van der Waals surface area contributed by atoms with Crippen molar-refractivity contribution in [1.29, 1.82) is 0 Å². The number of ether oxygens (including phenoxy) is 1. The molecule has 0 saturated carbocycles. The maximum absolute atomic E-state index is 13.9. The fourth-order valence-electron chi connectivity index (χ4n) is 3.29. The number of rotatable bonds is 4. The van der Waals surface area contributed by atoms with Crippen LogP contribution in [0.2, 0.25) is 0 Å². The van der Waals surface area contributed by atoms with Gasteiger partial charge in [0.25, 0.3) is 0 Å². The number of amides is 1. The van der Waals surface area contributed by atoms with Crippen molar-refractivity contribution in [3.05, 3.63) is 54.1 Å². The van der Waals surface area contributed by atoms with Gasteiger partial charge >= 0.3 is 0 Å². The summed E-state index contributed by atoms with van der Waals surface area (Å²) in [5.41, 5.74) is 2.48. The van der Waals surface area contributed by atoms with E-state index in [1.165, 1.54) is 19.5 Å². The minimum atomic E-state index is -0.489. The molecule has 1 aliphatic heterocycles. The van der Waals surface area contributed by atoms with Gasteiger partial charge in [-0.1, -0.05) is 17.7 Å². The van der Waals surface area contributed by atoms with Crippen LogP contribution in [0.15, 0.2) is 42.7 Å². The number of carbonyl (C=O) groups excluding carboxylic acids is 1. The molecule has 0 spiro atoms. The Kier molecular flexibility index (Phi) is 4.35. The van der Waals surface area contributed by atoms with E-state index >= 15 is 0 Å². The molecule has 138 valence electrons. The maximum atomic E-state index is 13.9. The van der Waals surface area contributed by atoms with E-state index in [0.717, 1.165) is 11.3 Å². The van der Waals surface area contributed by atoms with Crippen molar-refractivity contribution in [1.82, 2.24) is 9.97 Å². The topological polar surface area (TPSA) is 67.3 Å². The van der Waals surface area contributed by atoms with Gasteiger partial charge in [0.1, 0.15) is 18.2 Å². The molecule has 0 radical (unpaired) electrons. The number of hydrogen-bond donors (Lipinski definition) is 1. The van der Waals surface area contributed by atoms with Crippen LogP contribution in [0, 0.1) is 12.7 Å². The van der Waals surface area contributed by atoms with E-state index < -0.39 is 11.9 Å². The summed E-state index contributed by atoms with van der Waals surface area (Å²) in [6, 6.07) is 10.3. The van der Waals surface area contributed by atoms with Crippen LogP contribution < -0.4 is 15.0 Å². The van der Waals surface area contributed by atoms with Crippen LogP contribution in [-0.4, -0.2) is 35.6 Å². The third-order valence-electron chi connectivity index (χ3n) is 4.77. The van der Waals surface area contributed by atoms with Crippen molar-refractivity contribution in [3.8, 4) is 5.75 Å². The van der Waals surface area contributed by atoms with Crippen LogP contribution >= 0.6 is 0 Å². The predicted octanol–water partition coefficient (Wildman–Crippen LogP) is 3.30. The molecular formula is C20H19FN4O2. The summed E-state index contributed by atoms with van der Waals surface area (Å²) < 4.78 is 19.0. The van der Waals surface area contributed by atoms with E-state index in [0.29, 0.717) is 29.7 Å². The fourth-order valence-corrected chi connectivity index (χ4v) is 3.29. The van der Waals surface area contributed by atoms with E-state index in [-0.39, 0.29) is 11.7 Å². The molecule has 6 nitrogen and oxygen atoms in total. The molecule has 2 heterocycles. The quantitative estimate of drug-likeness (QED) is 0.767. The number of anilines is 2. The van der Waals surface area contributed by atoms with E-state index in [4.69, 9.17) is 4.74 Å². The number of methoxy groups -OCH3 is 1. The Morgan fingerprint density at radius 2 is 2.00 bits per heavy atom. The number of benzene rings is 2. The van der Waals surface area contributed by atoms with Gasteiger partial charge in [0, 0.05) is 23.7 Å². The largest absolute Gasteiger partial charge is 0.494 e. The lowest BCUT2D eigenvalue weighted by molar-refractivity contribution is -0.117. The molecule has 1 fully saturated rings. The Hall–Kier alpha value is -3.22. The van der Waals surface area contributed by atoms with Gasteiger partial charge in [-0.2, -0.15) is 0 Å². The van der Waals surface area contributed by atoms with E-state index in [2.05, 4.69) is 15.3 Å². The predicted molar refractivity (Wildman–Crippen MR) is 102 cm³/mol. The highest BCUT2D eigenvalue weighted by atomic mass is 19.1. The molecule has 0 bridgehead atoms. The zero-order chi connectivity index (χ0) is 19.0. The number of nitrogens with one attached hydrogen (secondary N) is 1. The van der Waals surface area contributed by atoms with Crippen molar-refractivity contribution in [2.45, 2.75) is 19.4 Å². The smallest absolute Gasteiger partial charge is 0.249 e. The Labute approximate surface area is 156 Å². The monoisotopic (exact) mass is 366 g/mol. The third kappa shape index (κ3) is 3.16. The molecule has 1 aromatic heterocycles. The second kappa shape index (κ2) is 6.83. The molecule has 0 aliphatic carbocycles. The summed E-state index contributed by atoms with van der Waals surface area (Å²) in [5, 5.41) is 3.80. The Balaban J connectivity index is 1.61. The third-order valence-corrected chi connectivity index (χ3v) is 4.77. The number of aryl methyl sites for hydroxylation is 1. The second-order valence-electron chi connectivity index (χ2n) is 6.54. The van der Waals surface area contributed by atoms with E-state index in [9.17, 15) is 9.18 Å². The first kappa shape index (κ1) is 17.2. The molecule has 1 atom stereocenters. The van der Waals surface area contributed by atoms with Crippen LogP contribution in [0.4, 0.5) is 15.9 Å². The average molecular weight is 366 g/mol. The molecule has 1 aliphatic rings. The molecule has 1 amide bonds. The van der Waals surface area contributed by atoms with Crippen molar-refractivity contribution < 1.29 is 13.9 Å². The van der Waals surface area contributed by atoms with Gasteiger partial charge in [0.2, 0.25) is 5.91 Å². The summed E-state index contributed by atoms with van der Waals surface area (Å²) in [7, 11) is 1.40. The van der Waals surface area contributed by atoms with Crippen LogP contribution in [0.5, 0.6) is 5.75 Å². The lowest BCUT2D eigenvalue weighted by atomic mass is 10.2. The number of nitrogens with zero attached hydrogens (tertiary/aromatic N) is 3. The zero-order valence-electron chi connectivity index (χ0n) is 15.1. The van der Waals surface area contributed by atoms with Gasteiger partial charge in [-0.15, -0.1) is 0 Å². The summed E-state index contributed by atoms with van der Waals surface area (Å²) in [4.78, 5) is 23.0. The first-order chi connectivity index (χ1) is 13.1. The molecule has 7 heteroatoms. The number of halogens is 1. The molecule has 3 aromatic rings. The van der Waals surface area contributed by atoms with Crippen LogP contribution in [0.3, 0.4) is 0 Å². The van der Waals surface area contributed by atoms with Gasteiger partial charge < -0.3 is 15.0 Å². The van der Waals surface area contributed by atoms with Crippen molar-refractivity contribution >= 4 is 28.3 Å². The normalized spacial score (nSPS) is 16.8. The molecule has 1 saturated heterocycles. The lowest BCUT2D eigenvalue weighted by Crippen LogP contribution is -2.33. The maximum Gasteiger partial charge on any atom is 0.249 e. The summed E-state index contributed by atoms with van der Waals surface area (Å²) in [6.45, 7) is 2.64. The highest BCUT2D eigenvalue weighted by molar-refractivity contribution is 6.02. The first-order valence-electron chi connectivity index (χ1n) is 8.69. The van der Waals surface area contributed by atoms with Crippen LogP contribution in [0.25, 0.3) is 10.9 Å². The zero-order valence-corrected chi connectivity index (χ0v) is 15.1. The van der Waals surface area contributed by atoms with Crippen molar-refractivity contribution in [2.75, 3.05) is 23.9 Å². The Morgan fingerprint density at radius 1 is 1.22 bits per heavy atom. The summed E-state index contributed by atoms with van der Waals surface area (Å²) in [5.74, 6) is 0.0959. The summed E-state index contributed by atoms with van der Waals surface area (Å²) >= 11 is 0. The van der Waals surface area contributed by atoms with Gasteiger partial charge in [-0.3, -0.25) is 4.79 Å². The molecular weight excluding hydrogens is 347 g/mol. The number of fused-ring (bicyclic) bond motifs is 1. The van der Waals surface area contributed by atoms with Crippen molar-refractivity contribution in [3.63, 3.8) is 0 Å². The summed E-state index contributed by atoms with van der Waals surface area (Å²) in [6.07, 6.45) is 2.00. The first-order valence-corrected chi connectivity index (χ1v) is 8.69.